The molecule has 576 valence electrons. The lowest BCUT2D eigenvalue weighted by atomic mass is 10.0. The van der Waals surface area contributed by atoms with Crippen molar-refractivity contribution in [2.45, 2.75) is 78.3 Å². The number of carboxylic acid groups (broad SMARTS) is 1. The number of nitrogen functional groups attached to an aromatic ring is 1. The molecule has 3 aliphatic heterocycles. The average Bonchev–Trinajstić information content (AvgIpc) is 1.49. The fourth-order valence-electron chi connectivity index (χ4n) is 12.0. The molecule has 26 nitrogen and oxygen atoms in total. The van der Waals surface area contributed by atoms with Crippen LogP contribution < -0.4 is 33.0 Å². The summed E-state index contributed by atoms with van der Waals surface area (Å²) in [6.45, 7) is 12.5. The van der Waals surface area contributed by atoms with Crippen molar-refractivity contribution in [2.24, 2.45) is 5.84 Å². The Labute approximate surface area is 677 Å². The fourth-order valence-corrected chi connectivity index (χ4v) is 22.9. The van der Waals surface area contributed by atoms with E-state index in [1.54, 1.807) is 133 Å². The number of rotatable bonds is 11. The number of halogens is 2. The molecule has 3 unspecified atom stereocenters. The third-order valence-electron chi connectivity index (χ3n) is 16.9. The summed E-state index contributed by atoms with van der Waals surface area (Å²) >= 11 is 15.6. The van der Waals surface area contributed by atoms with Crippen LogP contribution in [0.5, 0.6) is 0 Å². The monoisotopic (exact) mass is 1700 g/mol. The zero-order chi connectivity index (χ0) is 80.3. The number of nitrogens with one attached hydrogen (secondary N) is 5. The minimum atomic E-state index is -1.32. The molecule has 0 saturated carbocycles. The molecule has 0 aliphatic carbocycles. The van der Waals surface area contributed by atoms with E-state index in [1.165, 1.54) is 57.1 Å². The van der Waals surface area contributed by atoms with Gasteiger partial charge in [0.15, 0.2) is 35.4 Å². The minimum Gasteiger partial charge on any atom is -0.478 e. The van der Waals surface area contributed by atoms with Gasteiger partial charge in [0.2, 0.25) is 0 Å². The number of amides is 1. The molecule has 0 bridgehead atoms. The fraction of sp³-hybridized carbons (Fsp3) is 0.208. The molecule has 3 atom stereocenters. The van der Waals surface area contributed by atoms with Crippen molar-refractivity contribution in [3.05, 3.63) is 261 Å². The normalized spacial score (nSPS) is 14.3. The highest BCUT2D eigenvalue weighted by atomic mass is 33.4. The summed E-state index contributed by atoms with van der Waals surface area (Å²) in [5, 5.41) is 64.9. The van der Waals surface area contributed by atoms with Gasteiger partial charge in [-0.1, -0.05) is 72.8 Å². The number of anilines is 1. The lowest BCUT2D eigenvalue weighted by Gasteiger charge is -2.32. The summed E-state index contributed by atoms with van der Waals surface area (Å²) in [5.74, 6) is 8.13. The van der Waals surface area contributed by atoms with Gasteiger partial charge in [-0.2, -0.15) is 10.2 Å². The second kappa shape index (κ2) is 40.4. The number of hydrogen-bond acceptors (Lipinski definition) is 25. The Morgan fingerprint density at radius 2 is 1.08 bits per heavy atom. The first-order chi connectivity index (χ1) is 54.9. The predicted octanol–water partition coefficient (Wildman–Crippen LogP) is 12.0. The van der Waals surface area contributed by atoms with E-state index in [2.05, 4.69) is 150 Å². The highest BCUT2D eigenvalue weighted by molar-refractivity contribution is 8.68. The molecule has 3 aliphatic rings. The lowest BCUT2D eigenvalue weighted by molar-refractivity contribution is 0.0673. The average molecular weight is 1710 g/mol. The smallest absolute Gasteiger partial charge is 0.338 e. The third-order valence-corrected chi connectivity index (χ3v) is 29.2. The summed E-state index contributed by atoms with van der Waals surface area (Å²) in [5.41, 5.74) is 4.88. The van der Waals surface area contributed by atoms with Crippen LogP contribution in [0, 0.1) is 18.6 Å². The van der Waals surface area contributed by atoms with Gasteiger partial charge in [-0.15, -0.1) is 75.9 Å². The van der Waals surface area contributed by atoms with Crippen molar-refractivity contribution in [3.63, 3.8) is 0 Å². The van der Waals surface area contributed by atoms with Gasteiger partial charge < -0.3 is 39.8 Å². The van der Waals surface area contributed by atoms with E-state index in [9.17, 15) is 32.8 Å². The van der Waals surface area contributed by atoms with E-state index in [4.69, 9.17) is 13.9 Å². The Morgan fingerprint density at radius 3 is 1.50 bits per heavy atom. The number of nitrogens with zero attached hydrogens (tertiary/aromatic N) is 14. The van der Waals surface area contributed by atoms with Crippen molar-refractivity contribution in [1.29, 1.82) is 0 Å². The van der Waals surface area contributed by atoms with E-state index < -0.39 is 23.5 Å². The maximum atomic E-state index is 14.9. The van der Waals surface area contributed by atoms with Crippen LogP contribution in [0.3, 0.4) is 0 Å². The van der Waals surface area contributed by atoms with Crippen molar-refractivity contribution in [3.8, 4) is 32.1 Å². The number of carbonyl (C=O) groups excluding carboxylic acids is 2. The van der Waals surface area contributed by atoms with E-state index in [0.29, 0.717) is 69.8 Å². The number of benzene rings is 4. The van der Waals surface area contributed by atoms with E-state index in [1.807, 2.05) is 67.1 Å². The van der Waals surface area contributed by atoms with Crippen LogP contribution in [-0.4, -0.2) is 122 Å². The number of hydrazine groups is 1. The first kappa shape index (κ1) is 80.7. The Balaban J connectivity index is 0.000000164. The molecule has 8 N–H and O–H groups in total. The molecule has 0 radical (unpaired) electrons. The Bertz CT molecular complexity index is 5800. The highest BCUT2D eigenvalue weighted by Gasteiger charge is 2.32. The molecule has 10 aromatic heterocycles. The highest BCUT2D eigenvalue weighted by Crippen LogP contribution is 2.33. The lowest BCUT2D eigenvalue weighted by Crippen LogP contribution is -2.40. The summed E-state index contributed by atoms with van der Waals surface area (Å²) in [6, 6.07) is 39.3. The molecule has 0 fully saturated rings. The standard InChI is InChI=1S/C26H21FN6O2S.C16H11FN2O3.2C10H12N4S.C5H8N4.C5H4OS.S7.2H2/c1-15-13-32(14-23-29-30-24(33(15)23)22-7-4-10-36-22)26(35)19-11-16(8-9-20(19)27)12-21-17-5-2-3-6-18(17)25(34)31-28-21;17-13-6-5-9(7-12(13)16(21)22)8-14-10-3-1-2-4-11(10)15(20)19-18-14;2*1-7-5-11-6-9-12-13-10(14(7)9)8-3-2-4-15-8;1-4-2-7-3-5(8-4)9-6;6-4-5-2-1-3-7-5;1-3-5-7-6-4-2;;/h2-11,15H,12-14H2,1H3,(H,31,34);1-7H,8H2,(H,19,20)(H,21,22);2*2-4,7,11H,5-6H2,1H3;2-3H,6H2,1H3,(H,8,9);1-4H;;2*1H/i;;;;;;;1+1D;. The number of carboxylic acids is 1. The van der Waals surface area contributed by atoms with Crippen LogP contribution in [0.1, 0.15) is 119 Å². The van der Waals surface area contributed by atoms with Gasteiger partial charge in [0, 0.05) is 133 Å². The van der Waals surface area contributed by atoms with Gasteiger partial charge >= 0.3 is 5.97 Å². The summed E-state index contributed by atoms with van der Waals surface area (Å²) in [6.07, 6.45) is 4.71. The quantitative estimate of drug-likeness (QED) is 0.0359. The maximum Gasteiger partial charge on any atom is 0.338 e. The number of carbonyl (C=O) groups is 3. The number of thiophene rings is 4. The second-order valence-electron chi connectivity index (χ2n) is 24.4. The minimum absolute atomic E-state index is 0. The molecule has 0 saturated heterocycles. The Morgan fingerprint density at radius 1 is 0.622 bits per heavy atom. The first-order valence-corrected chi connectivity index (χ1v) is 45.2. The van der Waals surface area contributed by atoms with E-state index in [-0.39, 0.29) is 42.7 Å². The van der Waals surface area contributed by atoms with Crippen LogP contribution in [0.2, 0.25) is 0 Å². The molecule has 4 aromatic carbocycles. The largest absolute Gasteiger partial charge is 0.478 e. The number of nitrogens with two attached hydrogens (primary N) is 1. The van der Waals surface area contributed by atoms with E-state index >= 15 is 0 Å². The van der Waals surface area contributed by atoms with Gasteiger partial charge in [0.1, 0.15) is 23.3 Å². The van der Waals surface area contributed by atoms with Gasteiger partial charge in [-0.3, -0.25) is 24.2 Å². The van der Waals surface area contributed by atoms with Crippen LogP contribution >= 0.6 is 45.3 Å². The molecule has 0 spiro atoms. The SMILES string of the molecule is CC1CN(C(=O)c2cc(Cc3n[nH]c(=O)c4ccccc34)ccc2F)Cc2nnc(-c3cccs3)n21.CC1CNCc2nnc(-c3cccs3)n21.CC1CNCc2nnc(-c3cccs3)n21.Cc1cncc(NN)n1.O=C(O)c1cc(Cc2n[nH]c(=O)c3ccccc23)ccc1F.O=Cc1cccs1.S=S=S=S=S=S=S.[2H][2H].[HH]. The number of aromatic carboxylic acids is 1. The Hall–Kier alpha value is -9.85. The molecule has 111 heavy (non-hydrogen) atoms. The number of H-pyrrole nitrogens is 2. The number of aldehydes is 1. The van der Waals surface area contributed by atoms with Gasteiger partial charge in [0.05, 0.1) is 90.4 Å². The predicted molar refractivity (Wildman–Crippen MR) is 452 cm³/mol. The first-order valence-electron chi connectivity index (χ1n) is 34.6. The molecule has 39 heteroatoms. The molecule has 17 rings (SSSR count). The summed E-state index contributed by atoms with van der Waals surface area (Å²) in [7, 11) is 7.36. The maximum absolute atomic E-state index is 14.9. The molecular formula is C72H72F2N20O6S11. The zero-order valence-electron chi connectivity index (χ0n) is 61.2. The topological polar surface area (TPSA) is 346 Å². The number of aromatic amines is 2. The molecule has 14 aromatic rings. The Kier molecular flexibility index (Phi) is 29.3. The summed E-state index contributed by atoms with van der Waals surface area (Å²) in [4.78, 5) is 71.8. The van der Waals surface area contributed by atoms with Crippen LogP contribution in [0.25, 0.3) is 53.6 Å². The van der Waals surface area contributed by atoms with Crippen molar-refractivity contribution in [1.82, 2.24) is 90.2 Å². The number of fused-ring (bicyclic) bond motifs is 5. The van der Waals surface area contributed by atoms with Crippen LogP contribution in [0.15, 0.2) is 177 Å². The van der Waals surface area contributed by atoms with Crippen molar-refractivity contribution < 1.29 is 32.7 Å². The van der Waals surface area contributed by atoms with Crippen molar-refractivity contribution in [2.75, 3.05) is 25.1 Å². The van der Waals surface area contributed by atoms with Crippen LogP contribution in [0.4, 0.5) is 14.6 Å². The second-order valence-corrected chi connectivity index (χ2v) is 37.1. The van der Waals surface area contributed by atoms with Crippen LogP contribution in [-0.2, 0) is 99.3 Å². The number of aromatic nitrogens is 15. The van der Waals surface area contributed by atoms with E-state index in [0.717, 1.165) is 94.1 Å². The third kappa shape index (κ3) is 21.2. The van der Waals surface area contributed by atoms with Crippen molar-refractivity contribution >= 4 is 158 Å². The zero-order valence-corrected chi connectivity index (χ0v) is 68.2. The molecule has 1 amide bonds. The van der Waals surface area contributed by atoms with Gasteiger partial charge in [0.25, 0.3) is 17.0 Å². The molecule has 13 heterocycles. The number of hydrogen-bond donors (Lipinski definition) is 7. The van der Waals surface area contributed by atoms with Gasteiger partial charge in [-0.25, -0.2) is 34.6 Å². The summed E-state index contributed by atoms with van der Waals surface area (Å²) < 4.78 is 44.8. The van der Waals surface area contributed by atoms with Gasteiger partial charge in [-0.05, 0) is 121 Å². The number of aryl methyl sites for hydroxylation is 1. The molecular weight excluding hydrogens is 1630 g/mol.